The Balaban J connectivity index is 1.64. The second-order valence-electron chi connectivity index (χ2n) is 9.60. The third kappa shape index (κ3) is 4.05. The quantitative estimate of drug-likeness (QED) is 0.479. The average Bonchev–Trinajstić information content (AvgIpc) is 3.43. The van der Waals surface area contributed by atoms with Crippen molar-refractivity contribution in [3.05, 3.63) is 29.3 Å². The van der Waals surface area contributed by atoms with E-state index in [4.69, 9.17) is 5.11 Å². The molecule has 3 amide bonds. The van der Waals surface area contributed by atoms with E-state index < -0.39 is 16.7 Å². The summed E-state index contributed by atoms with van der Waals surface area (Å²) in [5, 5.41) is 15.0. The number of hydrogen-bond donors (Lipinski definition) is 3. The van der Waals surface area contributed by atoms with Gasteiger partial charge in [-0.2, -0.15) is 0 Å². The summed E-state index contributed by atoms with van der Waals surface area (Å²) >= 11 is 1.69. The Kier molecular flexibility index (Phi) is 7.05. The number of thioether (sulfide) groups is 1. The van der Waals surface area contributed by atoms with Gasteiger partial charge in [-0.25, -0.2) is 0 Å². The van der Waals surface area contributed by atoms with Gasteiger partial charge in [0.25, 0.3) is 0 Å². The Morgan fingerprint density at radius 3 is 2.52 bits per heavy atom. The molecule has 5 atom stereocenters. The van der Waals surface area contributed by atoms with Gasteiger partial charge in [0.05, 0.1) is 16.6 Å². The lowest BCUT2D eigenvalue weighted by molar-refractivity contribution is -0.139. The van der Waals surface area contributed by atoms with Crippen LogP contribution in [0.15, 0.2) is 18.2 Å². The van der Waals surface area contributed by atoms with Crippen LogP contribution in [-0.4, -0.2) is 64.0 Å². The molecule has 180 valence electrons. The van der Waals surface area contributed by atoms with Crippen LogP contribution in [0.2, 0.25) is 0 Å². The van der Waals surface area contributed by atoms with Gasteiger partial charge in [-0.15, -0.1) is 11.8 Å². The molecule has 0 aromatic heterocycles. The number of carbonyl (C=O) groups is 3. The number of unbranched alkanes of at least 4 members (excludes halogenated alkanes) is 3. The maximum absolute atomic E-state index is 13.8. The monoisotopic (exact) mass is 473 g/mol. The predicted octanol–water partition coefficient (Wildman–Crippen LogP) is 2.63. The smallest absolute Gasteiger partial charge is 0.248 e. The van der Waals surface area contributed by atoms with Crippen LogP contribution in [0.1, 0.15) is 49.7 Å². The molecule has 0 radical (unpaired) electrons. The van der Waals surface area contributed by atoms with E-state index in [-0.39, 0.29) is 35.5 Å². The van der Waals surface area contributed by atoms with Gasteiger partial charge < -0.3 is 20.6 Å². The van der Waals surface area contributed by atoms with Gasteiger partial charge in [0.15, 0.2) is 0 Å². The van der Waals surface area contributed by atoms with Gasteiger partial charge in [-0.1, -0.05) is 31.0 Å². The number of aryl methyl sites for hydroxylation is 2. The van der Waals surface area contributed by atoms with Crippen molar-refractivity contribution in [2.45, 2.75) is 68.4 Å². The van der Waals surface area contributed by atoms with E-state index in [2.05, 4.69) is 10.6 Å². The zero-order chi connectivity index (χ0) is 23.8. The number of benzene rings is 1. The van der Waals surface area contributed by atoms with Crippen LogP contribution in [0.4, 0.5) is 5.69 Å². The van der Waals surface area contributed by atoms with E-state index in [9.17, 15) is 14.4 Å². The summed E-state index contributed by atoms with van der Waals surface area (Å²) in [6.07, 6.45) is 4.93. The lowest BCUT2D eigenvalue weighted by Crippen LogP contribution is -2.51. The molecule has 3 fully saturated rings. The molecule has 0 saturated carbocycles. The minimum Gasteiger partial charge on any atom is -0.396 e. The molecular weight excluding hydrogens is 438 g/mol. The first-order chi connectivity index (χ1) is 15.9. The highest BCUT2D eigenvalue weighted by Gasteiger charge is 2.73. The Morgan fingerprint density at radius 1 is 1.15 bits per heavy atom. The zero-order valence-corrected chi connectivity index (χ0v) is 20.5. The molecule has 2 unspecified atom stereocenters. The number of likely N-dealkylation sites (tertiary alicyclic amines) is 1. The van der Waals surface area contributed by atoms with E-state index >= 15 is 0 Å². The number of fused-ring (bicyclic) bond motifs is 1. The maximum atomic E-state index is 13.8. The van der Waals surface area contributed by atoms with Crippen LogP contribution in [0, 0.1) is 25.7 Å². The van der Waals surface area contributed by atoms with Gasteiger partial charge in [-0.05, 0) is 50.7 Å². The lowest BCUT2D eigenvalue weighted by atomic mass is 9.70. The van der Waals surface area contributed by atoms with Gasteiger partial charge in [0.2, 0.25) is 17.7 Å². The first-order valence-electron chi connectivity index (χ1n) is 12.0. The molecule has 3 aliphatic heterocycles. The minimum atomic E-state index is -0.587. The van der Waals surface area contributed by atoms with Crippen LogP contribution in [0.5, 0.6) is 0 Å². The molecule has 4 rings (SSSR count). The Morgan fingerprint density at radius 2 is 1.85 bits per heavy atom. The molecular formula is C25H35N3O4S. The number of rotatable bonds is 9. The van der Waals surface area contributed by atoms with Gasteiger partial charge >= 0.3 is 0 Å². The maximum Gasteiger partial charge on any atom is 0.248 e. The minimum absolute atomic E-state index is 0.0536. The number of aliphatic hydroxyl groups is 1. The van der Waals surface area contributed by atoms with Crippen LogP contribution in [-0.2, 0) is 14.4 Å². The zero-order valence-electron chi connectivity index (χ0n) is 19.7. The number of hydrogen-bond acceptors (Lipinski definition) is 5. The Bertz CT molecular complexity index is 918. The van der Waals surface area contributed by atoms with E-state index in [1.165, 1.54) is 0 Å². The third-order valence-electron chi connectivity index (χ3n) is 7.63. The lowest BCUT2D eigenvalue weighted by Gasteiger charge is -2.34. The van der Waals surface area contributed by atoms with Crippen molar-refractivity contribution in [3.8, 4) is 0 Å². The fourth-order valence-corrected chi connectivity index (χ4v) is 8.33. The number of nitrogens with one attached hydrogen (secondary N) is 2. The molecule has 8 heteroatoms. The highest BCUT2D eigenvalue weighted by atomic mass is 32.2. The summed E-state index contributed by atoms with van der Waals surface area (Å²) in [6.45, 7) is 4.61. The predicted molar refractivity (Wildman–Crippen MR) is 130 cm³/mol. The molecule has 3 aliphatic rings. The second kappa shape index (κ2) is 9.66. The van der Waals surface area contributed by atoms with Crippen LogP contribution < -0.4 is 10.6 Å². The molecule has 7 nitrogen and oxygen atoms in total. The van der Waals surface area contributed by atoms with Gasteiger partial charge in [-0.3, -0.25) is 14.4 Å². The van der Waals surface area contributed by atoms with Crippen molar-refractivity contribution >= 4 is 35.2 Å². The summed E-state index contributed by atoms with van der Waals surface area (Å²) in [5.41, 5.74) is 2.78. The summed E-state index contributed by atoms with van der Waals surface area (Å²) in [6, 6.07) is 5.33. The molecule has 3 heterocycles. The Hall–Kier alpha value is -2.06. The third-order valence-corrected chi connectivity index (χ3v) is 9.59. The fourth-order valence-electron chi connectivity index (χ4n) is 6.11. The normalized spacial score (nSPS) is 29.9. The molecule has 0 aliphatic carbocycles. The number of para-hydroxylation sites is 1. The first-order valence-corrected chi connectivity index (χ1v) is 12.9. The summed E-state index contributed by atoms with van der Waals surface area (Å²) in [4.78, 5) is 42.1. The van der Waals surface area contributed by atoms with Gasteiger partial charge in [0.1, 0.15) is 6.04 Å². The number of amides is 3. The highest BCUT2D eigenvalue weighted by molar-refractivity contribution is 8.02. The molecule has 1 aromatic carbocycles. The SMILES string of the molecule is CNC(=O)[C@@H]1[C@@H]2CCC3(S2)C(C(=O)Nc2c(C)cccc2C)N(CCCCCCO)C(=O)[C@H]13. The molecule has 3 N–H and O–H groups in total. The van der Waals surface area contributed by atoms with Crippen molar-refractivity contribution < 1.29 is 19.5 Å². The van der Waals surface area contributed by atoms with E-state index in [0.717, 1.165) is 55.3 Å². The molecule has 1 aromatic rings. The van der Waals surface area contributed by atoms with Crippen LogP contribution >= 0.6 is 11.8 Å². The topological polar surface area (TPSA) is 98.7 Å². The fraction of sp³-hybridized carbons (Fsp3) is 0.640. The van der Waals surface area contributed by atoms with E-state index in [1.807, 2.05) is 32.0 Å². The summed E-state index contributed by atoms with van der Waals surface area (Å²) in [7, 11) is 1.62. The summed E-state index contributed by atoms with van der Waals surface area (Å²) < 4.78 is -0.551. The average molecular weight is 474 g/mol. The number of aliphatic hydroxyl groups excluding tert-OH is 1. The Labute approximate surface area is 200 Å². The molecule has 3 saturated heterocycles. The van der Waals surface area contributed by atoms with Crippen molar-refractivity contribution in [2.24, 2.45) is 11.8 Å². The largest absolute Gasteiger partial charge is 0.396 e. The van der Waals surface area contributed by atoms with Gasteiger partial charge in [0, 0.05) is 31.1 Å². The first kappa shape index (κ1) is 24.1. The molecule has 2 bridgehead atoms. The summed E-state index contributed by atoms with van der Waals surface area (Å²) in [5.74, 6) is -1.12. The molecule has 1 spiro atoms. The van der Waals surface area contributed by atoms with Crippen molar-refractivity contribution in [2.75, 3.05) is 25.5 Å². The van der Waals surface area contributed by atoms with Crippen LogP contribution in [0.25, 0.3) is 0 Å². The van der Waals surface area contributed by atoms with Crippen molar-refractivity contribution in [3.63, 3.8) is 0 Å². The number of anilines is 1. The molecule has 33 heavy (non-hydrogen) atoms. The van der Waals surface area contributed by atoms with Crippen LogP contribution in [0.3, 0.4) is 0 Å². The standard InChI is InChI=1S/C25H35N3O4S/c1-15-9-8-10-16(2)20(15)27-23(31)21-25-12-11-17(33-25)18(22(30)26-3)19(25)24(32)28(21)13-6-4-5-7-14-29/h8-10,17-19,21,29H,4-7,11-14H2,1-3H3,(H,26,30)(H,27,31)/t17-,18+,19-,21?,25?/m0/s1. The second-order valence-corrected chi connectivity index (χ2v) is 11.2. The number of carbonyl (C=O) groups excluding carboxylic acids is 3. The number of nitrogens with zero attached hydrogens (tertiary/aromatic N) is 1. The van der Waals surface area contributed by atoms with Crippen molar-refractivity contribution in [1.29, 1.82) is 0 Å². The van der Waals surface area contributed by atoms with E-state index in [1.54, 1.807) is 23.7 Å². The van der Waals surface area contributed by atoms with Crippen molar-refractivity contribution in [1.82, 2.24) is 10.2 Å². The highest BCUT2D eigenvalue weighted by Crippen LogP contribution is 2.66. The van der Waals surface area contributed by atoms with E-state index in [0.29, 0.717) is 6.54 Å².